The molecule has 50 valence electrons. The number of halogens is 3. The van der Waals surface area contributed by atoms with E-state index in [0.717, 1.165) is 0 Å². The molecule has 0 saturated carbocycles. The Morgan fingerprint density at radius 3 is 0.714 bits per heavy atom. The van der Waals surface area contributed by atoms with Crippen LogP contribution in [0.25, 0.3) is 0 Å². The minimum absolute atomic E-state index is 0. The molecule has 0 aliphatic rings. The van der Waals surface area contributed by atoms with Crippen LogP contribution < -0.4 is 0 Å². The van der Waals surface area contributed by atoms with E-state index in [1.165, 1.54) is 0 Å². The van der Waals surface area contributed by atoms with Crippen LogP contribution in [0.3, 0.4) is 0 Å². The van der Waals surface area contributed by atoms with E-state index < -0.39 is 4.30 Å². The Morgan fingerprint density at radius 2 is 0.714 bits per heavy atom. The highest BCUT2D eigenvalue weighted by atomic mass is 35.6. The van der Waals surface area contributed by atoms with Gasteiger partial charge in [-0.1, -0.05) is 57.1 Å². The largest absolute Gasteiger partial charge is 0.180 e. The predicted octanol–water partition coefficient (Wildman–Crippen LogP) is 3.89. The fourth-order valence-corrected chi connectivity index (χ4v) is 0. The zero-order valence-electron chi connectivity index (χ0n) is 1.71. The van der Waals surface area contributed by atoms with Crippen molar-refractivity contribution < 1.29 is 0 Å². The van der Waals surface area contributed by atoms with Crippen LogP contribution in [-0.4, -0.2) is 4.30 Å². The first-order chi connectivity index (χ1) is 1.73. The molecule has 0 fully saturated rings. The van der Waals surface area contributed by atoms with Gasteiger partial charge in [-0.05, 0) is 0 Å². The van der Waals surface area contributed by atoms with Crippen LogP contribution in [0, 0.1) is 0 Å². The molecule has 0 aliphatic carbocycles. The number of rotatable bonds is 0. The van der Waals surface area contributed by atoms with E-state index >= 15 is 0 Å². The van der Waals surface area contributed by atoms with Crippen LogP contribution in [0.15, 0.2) is 0 Å². The number of hydrogen-bond acceptors (Lipinski definition) is 0. The Bertz CT molecular complexity index is 11.7. The van der Waals surface area contributed by atoms with Crippen molar-refractivity contribution in [2.24, 2.45) is 0 Å². The Balaban J connectivity index is -0.0000000150. The van der Waals surface area contributed by atoms with E-state index in [2.05, 4.69) is 0 Å². The summed E-state index contributed by atoms with van der Waals surface area (Å²) in [6.45, 7) is 0. The Kier molecular flexibility index (Phi) is 56.0. The lowest BCUT2D eigenvalue weighted by Crippen LogP contribution is -1.55. The minimum Gasteiger partial charge on any atom is -0.0874 e. The van der Waals surface area contributed by atoms with Crippen LogP contribution in [0.1, 0.15) is 22.3 Å². The molecule has 0 radical (unpaired) electrons. The summed E-state index contributed by atoms with van der Waals surface area (Å²) >= 11 is 14.4. The van der Waals surface area contributed by atoms with Gasteiger partial charge in [0.1, 0.15) is 0 Å². The van der Waals surface area contributed by atoms with Gasteiger partial charge in [0, 0.05) is 0 Å². The van der Waals surface area contributed by atoms with Crippen molar-refractivity contribution in [1.29, 1.82) is 0 Å². The third kappa shape index (κ3) is 215. The van der Waals surface area contributed by atoms with E-state index in [4.69, 9.17) is 34.8 Å². The molecular weight excluding hydrogens is 154 g/mol. The van der Waals surface area contributed by atoms with Crippen LogP contribution in [0.4, 0.5) is 0 Å². The molecule has 0 aromatic rings. The standard InChI is InChI=1S/CHCl3.3CH4/c2-1(3)4;;;/h1H;3*1H4. The molecule has 0 aliphatic heterocycles. The van der Waals surface area contributed by atoms with Crippen molar-refractivity contribution in [3.05, 3.63) is 0 Å². The molecule has 0 nitrogen and oxygen atoms in total. The fraction of sp³-hybridized carbons (Fsp3) is 1.00. The third-order valence-electron chi connectivity index (χ3n) is 0. The quantitative estimate of drug-likeness (QED) is 0.480. The van der Waals surface area contributed by atoms with Gasteiger partial charge in [0.05, 0.1) is 0 Å². The molecule has 0 spiro atoms. The van der Waals surface area contributed by atoms with E-state index in [9.17, 15) is 0 Å². The zero-order valence-corrected chi connectivity index (χ0v) is 3.98. The molecule has 0 aromatic carbocycles. The van der Waals surface area contributed by atoms with E-state index in [-0.39, 0.29) is 22.3 Å². The average molecular weight is 168 g/mol. The molecule has 0 bridgehead atoms. The van der Waals surface area contributed by atoms with Gasteiger partial charge < -0.3 is 0 Å². The first-order valence-corrected chi connectivity index (χ1v) is 1.96. The molecule has 7 heavy (non-hydrogen) atoms. The van der Waals surface area contributed by atoms with Crippen LogP contribution >= 0.6 is 34.8 Å². The highest BCUT2D eigenvalue weighted by Crippen LogP contribution is 2.03. The highest BCUT2D eigenvalue weighted by molar-refractivity contribution is 6.63. The third-order valence-corrected chi connectivity index (χ3v) is 0. The molecule has 0 unspecified atom stereocenters. The average Bonchev–Trinajstić information content (AvgIpc) is 0.811. The van der Waals surface area contributed by atoms with E-state index in [1.807, 2.05) is 0 Å². The fourth-order valence-electron chi connectivity index (χ4n) is 0. The lowest BCUT2D eigenvalue weighted by molar-refractivity contribution is 1.96. The molecule has 0 N–H and O–H groups in total. The first kappa shape index (κ1) is 24.8. The van der Waals surface area contributed by atoms with Gasteiger partial charge in [-0.2, -0.15) is 0 Å². The molecule has 0 saturated heterocycles. The van der Waals surface area contributed by atoms with Crippen molar-refractivity contribution in [2.75, 3.05) is 0 Å². The van der Waals surface area contributed by atoms with Gasteiger partial charge in [0.2, 0.25) is 0 Å². The lowest BCUT2D eigenvalue weighted by atomic mass is 11.9. The Hall–Kier alpha value is 0.870. The second-order valence-corrected chi connectivity index (χ2v) is 2.23. The van der Waals surface area contributed by atoms with Crippen LogP contribution in [0.2, 0.25) is 0 Å². The number of alkyl halides is 3. The monoisotopic (exact) mass is 166 g/mol. The Labute approximate surface area is 61.8 Å². The summed E-state index contributed by atoms with van der Waals surface area (Å²) in [5, 5.41) is 0. The molecule has 0 aromatic heterocycles. The summed E-state index contributed by atoms with van der Waals surface area (Å²) in [4.78, 5) is 0. The lowest BCUT2D eigenvalue weighted by Gasteiger charge is -1.69. The van der Waals surface area contributed by atoms with E-state index in [1.54, 1.807) is 0 Å². The van der Waals surface area contributed by atoms with Crippen molar-refractivity contribution in [3.8, 4) is 0 Å². The van der Waals surface area contributed by atoms with Gasteiger partial charge >= 0.3 is 0 Å². The molecule has 3 heteroatoms. The summed E-state index contributed by atoms with van der Waals surface area (Å²) in [6, 6.07) is 0. The van der Waals surface area contributed by atoms with Crippen LogP contribution in [-0.2, 0) is 0 Å². The molecule has 0 amide bonds. The zero-order chi connectivity index (χ0) is 3.58. The molecule has 0 atom stereocenters. The topological polar surface area (TPSA) is 0 Å². The molecule has 0 rings (SSSR count). The van der Waals surface area contributed by atoms with Gasteiger partial charge in [-0.15, -0.1) is 0 Å². The summed E-state index contributed by atoms with van der Waals surface area (Å²) < 4.78 is -0.750. The first-order valence-electron chi connectivity index (χ1n) is 0.655. The normalized spacial score (nSPS) is 5.14. The summed E-state index contributed by atoms with van der Waals surface area (Å²) in [5.74, 6) is 0. The minimum atomic E-state index is -0.750. The van der Waals surface area contributed by atoms with Gasteiger partial charge in [-0.25, -0.2) is 0 Å². The molecule has 0 heterocycles. The summed E-state index contributed by atoms with van der Waals surface area (Å²) in [7, 11) is 0. The van der Waals surface area contributed by atoms with Crippen LogP contribution in [0.5, 0.6) is 0 Å². The maximum absolute atomic E-state index is 4.81. The second-order valence-electron chi connectivity index (χ2n) is 0.247. The SMILES string of the molecule is C.C.C.ClC(Cl)Cl. The van der Waals surface area contributed by atoms with Gasteiger partial charge in [0.15, 0.2) is 4.30 Å². The number of hydrogen-bond donors (Lipinski definition) is 0. The second kappa shape index (κ2) is 15.8. The van der Waals surface area contributed by atoms with Gasteiger partial charge in [-0.3, -0.25) is 0 Å². The maximum atomic E-state index is 4.81. The van der Waals surface area contributed by atoms with Gasteiger partial charge in [0.25, 0.3) is 0 Å². The molecular formula is C4H13Cl3. The summed E-state index contributed by atoms with van der Waals surface area (Å²) in [5.41, 5.74) is 0. The summed E-state index contributed by atoms with van der Waals surface area (Å²) in [6.07, 6.45) is 0. The van der Waals surface area contributed by atoms with Crippen molar-refractivity contribution in [1.82, 2.24) is 0 Å². The smallest absolute Gasteiger partial charge is 0.0874 e. The van der Waals surface area contributed by atoms with Crippen molar-refractivity contribution in [2.45, 2.75) is 26.6 Å². The van der Waals surface area contributed by atoms with Crippen molar-refractivity contribution in [3.63, 3.8) is 0 Å². The Morgan fingerprint density at radius 1 is 0.714 bits per heavy atom. The van der Waals surface area contributed by atoms with Crippen molar-refractivity contribution >= 4 is 34.8 Å². The highest BCUT2D eigenvalue weighted by Gasteiger charge is 1.78. The maximum Gasteiger partial charge on any atom is 0.180 e. The van der Waals surface area contributed by atoms with E-state index in [0.29, 0.717) is 0 Å². The predicted molar refractivity (Wildman–Crippen MR) is 41.5 cm³/mol.